The zero-order valence-corrected chi connectivity index (χ0v) is 18.4. The van der Waals surface area contributed by atoms with Crippen LogP contribution in [0, 0.1) is 0 Å². The van der Waals surface area contributed by atoms with Gasteiger partial charge in [0.2, 0.25) is 0 Å². The van der Waals surface area contributed by atoms with E-state index in [1.54, 1.807) is 13.1 Å². The molecule has 0 aromatic heterocycles. The van der Waals surface area contributed by atoms with E-state index in [0.29, 0.717) is 32.3 Å². The average Bonchev–Trinajstić information content (AvgIpc) is 2.58. The molecule has 1 aromatic carbocycles. The number of nitrogens with zero attached hydrogens (tertiary/aromatic N) is 1. The van der Waals surface area contributed by atoms with Gasteiger partial charge >= 0.3 is 0 Å². The fraction of sp³-hybridized carbons (Fsp3) is 0.471. The van der Waals surface area contributed by atoms with E-state index in [0.717, 1.165) is 11.3 Å². The van der Waals surface area contributed by atoms with Crippen molar-refractivity contribution in [3.63, 3.8) is 0 Å². The highest BCUT2D eigenvalue weighted by molar-refractivity contribution is 14.0. The van der Waals surface area contributed by atoms with Crippen LogP contribution in [0.5, 0.6) is 5.75 Å². The van der Waals surface area contributed by atoms with Gasteiger partial charge in [-0.25, -0.2) is 8.42 Å². The number of ether oxygens (including phenoxy) is 2. The Kier molecular flexibility index (Phi) is 13.1. The van der Waals surface area contributed by atoms with Crippen LogP contribution in [0.25, 0.3) is 0 Å². The molecule has 0 aliphatic carbocycles. The van der Waals surface area contributed by atoms with Gasteiger partial charge in [-0.3, -0.25) is 4.99 Å². The Morgan fingerprint density at radius 2 is 2.00 bits per heavy atom. The minimum Gasteiger partial charge on any atom is -0.489 e. The number of nitrogens with one attached hydrogen (secondary N) is 2. The topological polar surface area (TPSA) is 89.0 Å². The highest BCUT2D eigenvalue weighted by Crippen LogP contribution is 2.17. The van der Waals surface area contributed by atoms with Gasteiger partial charge < -0.3 is 20.1 Å². The number of sulfone groups is 1. The number of para-hydroxylation sites is 1. The quantitative estimate of drug-likeness (QED) is 0.159. The third-order valence-corrected chi connectivity index (χ3v) is 4.04. The van der Waals surface area contributed by atoms with Crippen molar-refractivity contribution < 1.29 is 17.9 Å². The van der Waals surface area contributed by atoms with Gasteiger partial charge in [0, 0.05) is 32.0 Å². The molecule has 1 rings (SSSR count). The van der Waals surface area contributed by atoms with Gasteiger partial charge in [-0.05, 0) is 6.07 Å². The molecule has 9 heteroatoms. The lowest BCUT2D eigenvalue weighted by atomic mass is 10.2. The zero-order chi connectivity index (χ0) is 18.5. The third kappa shape index (κ3) is 11.3. The van der Waals surface area contributed by atoms with Crippen LogP contribution < -0.4 is 15.4 Å². The largest absolute Gasteiger partial charge is 0.489 e. The summed E-state index contributed by atoms with van der Waals surface area (Å²) in [6.07, 6.45) is 2.89. The van der Waals surface area contributed by atoms with Crippen molar-refractivity contribution >= 4 is 39.8 Å². The second-order valence-corrected chi connectivity index (χ2v) is 7.56. The average molecular weight is 497 g/mol. The molecule has 1 aromatic rings. The minimum atomic E-state index is -2.98. The maximum absolute atomic E-state index is 11.0. The number of rotatable bonds is 11. The van der Waals surface area contributed by atoms with Crippen LogP contribution >= 0.6 is 24.0 Å². The molecule has 26 heavy (non-hydrogen) atoms. The Morgan fingerprint density at radius 1 is 1.27 bits per heavy atom. The molecule has 0 atom stereocenters. The van der Waals surface area contributed by atoms with Crippen LogP contribution in [-0.2, 0) is 21.1 Å². The molecular formula is C17H28IN3O4S. The first-order chi connectivity index (χ1) is 12.0. The Bertz CT molecular complexity index is 666. The van der Waals surface area contributed by atoms with E-state index < -0.39 is 9.84 Å². The summed E-state index contributed by atoms with van der Waals surface area (Å²) in [6.45, 7) is 5.78. The molecule has 0 amide bonds. The smallest absolute Gasteiger partial charge is 0.191 e. The van der Waals surface area contributed by atoms with E-state index in [1.165, 1.54) is 6.26 Å². The van der Waals surface area contributed by atoms with Gasteiger partial charge in [0.15, 0.2) is 5.96 Å². The summed E-state index contributed by atoms with van der Waals surface area (Å²) in [5, 5.41) is 6.31. The van der Waals surface area contributed by atoms with Gasteiger partial charge in [-0.2, -0.15) is 0 Å². The standard InChI is InChI=1S/C17H27N3O4S.HI/c1-4-10-24-16-8-6-5-7-15(16)14-20-17(18-2)19-9-11-23-12-13-25(3,21)22;/h4-8H,1,9-14H2,2-3H3,(H2,18,19,20);1H. The summed E-state index contributed by atoms with van der Waals surface area (Å²) in [7, 11) is -1.30. The van der Waals surface area contributed by atoms with Crippen LogP contribution in [0.2, 0.25) is 0 Å². The first kappa shape index (κ1) is 24.7. The number of aliphatic imine (C=N–C) groups is 1. The van der Waals surface area contributed by atoms with Gasteiger partial charge in [-0.15, -0.1) is 24.0 Å². The number of halogens is 1. The molecule has 0 saturated heterocycles. The van der Waals surface area contributed by atoms with Crippen molar-refractivity contribution in [1.29, 1.82) is 0 Å². The van der Waals surface area contributed by atoms with Crippen molar-refractivity contribution in [2.24, 2.45) is 4.99 Å². The van der Waals surface area contributed by atoms with Gasteiger partial charge in [0.1, 0.15) is 22.2 Å². The molecule has 2 N–H and O–H groups in total. The monoisotopic (exact) mass is 497 g/mol. The summed E-state index contributed by atoms with van der Waals surface area (Å²) in [4.78, 5) is 4.14. The van der Waals surface area contributed by atoms with Crippen molar-refractivity contribution in [2.45, 2.75) is 6.54 Å². The molecule has 7 nitrogen and oxygen atoms in total. The van der Waals surface area contributed by atoms with Crippen LogP contribution in [0.3, 0.4) is 0 Å². The fourth-order valence-corrected chi connectivity index (χ4v) is 2.31. The minimum absolute atomic E-state index is 0. The Balaban J connectivity index is 0.00000625. The van der Waals surface area contributed by atoms with Crippen LogP contribution in [-0.4, -0.2) is 59.8 Å². The van der Waals surface area contributed by atoms with Crippen LogP contribution in [0.15, 0.2) is 41.9 Å². The molecule has 0 bridgehead atoms. The maximum atomic E-state index is 11.0. The van der Waals surface area contributed by atoms with E-state index in [4.69, 9.17) is 9.47 Å². The molecule has 0 aliphatic rings. The Hall–Kier alpha value is -1.33. The van der Waals surface area contributed by atoms with Gasteiger partial charge in [-0.1, -0.05) is 30.9 Å². The van der Waals surface area contributed by atoms with Crippen LogP contribution in [0.1, 0.15) is 5.56 Å². The molecule has 0 fully saturated rings. The predicted molar refractivity (Wildman–Crippen MR) is 116 cm³/mol. The highest BCUT2D eigenvalue weighted by atomic mass is 127. The summed E-state index contributed by atoms with van der Waals surface area (Å²) >= 11 is 0. The summed E-state index contributed by atoms with van der Waals surface area (Å²) in [6, 6.07) is 7.76. The highest BCUT2D eigenvalue weighted by Gasteiger charge is 2.04. The maximum Gasteiger partial charge on any atom is 0.191 e. The molecule has 0 spiro atoms. The lowest BCUT2D eigenvalue weighted by molar-refractivity contribution is 0.154. The second kappa shape index (κ2) is 13.8. The number of hydrogen-bond donors (Lipinski definition) is 2. The van der Waals surface area contributed by atoms with Crippen molar-refractivity contribution in [2.75, 3.05) is 45.4 Å². The van der Waals surface area contributed by atoms with Crippen molar-refractivity contribution in [3.8, 4) is 5.75 Å². The SMILES string of the molecule is C=CCOc1ccccc1CNC(=NC)NCCOCCS(C)(=O)=O.I. The Morgan fingerprint density at radius 3 is 2.65 bits per heavy atom. The third-order valence-electron chi connectivity index (χ3n) is 3.14. The van der Waals surface area contributed by atoms with E-state index in [2.05, 4.69) is 22.2 Å². The van der Waals surface area contributed by atoms with Gasteiger partial charge in [0.25, 0.3) is 0 Å². The summed E-state index contributed by atoms with van der Waals surface area (Å²) in [5.74, 6) is 1.46. The molecule has 0 aliphatic heterocycles. The number of guanidine groups is 1. The van der Waals surface area contributed by atoms with Gasteiger partial charge in [0.05, 0.1) is 19.0 Å². The normalized spacial score (nSPS) is 11.4. The van der Waals surface area contributed by atoms with Crippen molar-refractivity contribution in [1.82, 2.24) is 10.6 Å². The summed E-state index contributed by atoms with van der Waals surface area (Å²) < 4.78 is 32.9. The van der Waals surface area contributed by atoms with E-state index >= 15 is 0 Å². The molecule has 0 saturated carbocycles. The summed E-state index contributed by atoms with van der Waals surface area (Å²) in [5.41, 5.74) is 1.01. The first-order valence-electron chi connectivity index (χ1n) is 7.98. The number of benzene rings is 1. The molecular weight excluding hydrogens is 469 g/mol. The molecule has 0 unspecified atom stereocenters. The lowest BCUT2D eigenvalue weighted by Gasteiger charge is -2.14. The Labute approximate surface area is 173 Å². The zero-order valence-electron chi connectivity index (χ0n) is 15.2. The molecule has 148 valence electrons. The van der Waals surface area contributed by atoms with E-state index in [1.807, 2.05) is 24.3 Å². The first-order valence-corrected chi connectivity index (χ1v) is 10.0. The van der Waals surface area contributed by atoms with E-state index in [9.17, 15) is 8.42 Å². The lowest BCUT2D eigenvalue weighted by Crippen LogP contribution is -2.38. The van der Waals surface area contributed by atoms with Crippen molar-refractivity contribution in [3.05, 3.63) is 42.5 Å². The molecule has 0 heterocycles. The fourth-order valence-electron chi connectivity index (χ4n) is 1.89. The number of hydrogen-bond acceptors (Lipinski definition) is 5. The van der Waals surface area contributed by atoms with E-state index in [-0.39, 0.29) is 36.3 Å². The molecule has 0 radical (unpaired) electrons. The second-order valence-electron chi connectivity index (χ2n) is 5.30. The van der Waals surface area contributed by atoms with Crippen LogP contribution in [0.4, 0.5) is 0 Å². The predicted octanol–water partition coefficient (Wildman–Crippen LogP) is 1.60.